The number of hydrogen-bond acceptors (Lipinski definition) is 3. The van der Waals surface area contributed by atoms with Crippen LogP contribution in [-0.4, -0.2) is 32.1 Å². The quantitative estimate of drug-likeness (QED) is 0.803. The molecule has 96 valence electrons. The summed E-state index contributed by atoms with van der Waals surface area (Å²) >= 11 is 6.06. The molecule has 5 nitrogen and oxygen atoms in total. The van der Waals surface area contributed by atoms with E-state index in [-0.39, 0.29) is 5.91 Å². The van der Waals surface area contributed by atoms with Crippen LogP contribution >= 0.6 is 11.6 Å². The van der Waals surface area contributed by atoms with Gasteiger partial charge in [-0.25, -0.2) is 0 Å². The van der Waals surface area contributed by atoms with E-state index in [2.05, 4.69) is 15.6 Å². The zero-order valence-corrected chi connectivity index (χ0v) is 10.7. The molecule has 18 heavy (non-hydrogen) atoms. The number of hydrogen-bond donors (Lipinski definition) is 2. The lowest BCUT2D eigenvalue weighted by Crippen LogP contribution is -2.26. The van der Waals surface area contributed by atoms with E-state index in [9.17, 15) is 4.79 Å². The zero-order valence-electron chi connectivity index (χ0n) is 9.94. The molecule has 1 fully saturated rings. The van der Waals surface area contributed by atoms with Crippen LogP contribution < -0.4 is 10.6 Å². The van der Waals surface area contributed by atoms with Gasteiger partial charge in [-0.3, -0.25) is 15.1 Å². The van der Waals surface area contributed by atoms with E-state index in [1.807, 2.05) is 18.2 Å². The van der Waals surface area contributed by atoms with E-state index in [1.165, 1.54) is 0 Å². The highest BCUT2D eigenvalue weighted by Crippen LogP contribution is 2.24. The average Bonchev–Trinajstić information content (AvgIpc) is 2.71. The summed E-state index contributed by atoms with van der Waals surface area (Å²) in [5.74, 6) is 0.307. The number of nitrogens with zero attached hydrogens (tertiary/aromatic N) is 1. The largest absolute Gasteiger partial charge is 0.383 e. The number of carbonyl (C=O) groups excluding carboxylic acids is 1. The summed E-state index contributed by atoms with van der Waals surface area (Å²) in [6.45, 7) is 1.01. The molecule has 2 rings (SSSR count). The minimum atomic E-state index is -0.486. The van der Waals surface area contributed by atoms with Gasteiger partial charge in [-0.1, -0.05) is 29.8 Å². The normalized spacial score (nSPS) is 20.9. The van der Waals surface area contributed by atoms with Gasteiger partial charge in [0, 0.05) is 17.7 Å². The van der Waals surface area contributed by atoms with E-state index in [0.717, 1.165) is 5.56 Å². The lowest BCUT2D eigenvalue weighted by molar-refractivity contribution is -0.120. The number of rotatable bonds is 4. The first-order valence-electron chi connectivity index (χ1n) is 5.57. The topological polar surface area (TPSA) is 62.7 Å². The van der Waals surface area contributed by atoms with Crippen molar-refractivity contribution >= 4 is 23.5 Å². The molecule has 1 amide bonds. The summed E-state index contributed by atoms with van der Waals surface area (Å²) in [5, 5.41) is 6.24. The third-order valence-corrected chi connectivity index (χ3v) is 2.91. The van der Waals surface area contributed by atoms with Gasteiger partial charge in [0.25, 0.3) is 5.91 Å². The summed E-state index contributed by atoms with van der Waals surface area (Å²) < 4.78 is 4.89. The number of guanidine groups is 1. The van der Waals surface area contributed by atoms with Crippen molar-refractivity contribution in [3.8, 4) is 0 Å². The maximum absolute atomic E-state index is 11.8. The van der Waals surface area contributed by atoms with Crippen LogP contribution in [0.4, 0.5) is 0 Å². The Labute approximate surface area is 110 Å². The lowest BCUT2D eigenvalue weighted by atomic mass is 10.1. The first-order valence-corrected chi connectivity index (χ1v) is 5.95. The van der Waals surface area contributed by atoms with Crippen LogP contribution in [0.2, 0.25) is 5.02 Å². The van der Waals surface area contributed by atoms with Gasteiger partial charge in [0.05, 0.1) is 13.2 Å². The molecule has 1 aromatic carbocycles. The van der Waals surface area contributed by atoms with Crippen molar-refractivity contribution < 1.29 is 9.53 Å². The third kappa shape index (κ3) is 2.80. The van der Waals surface area contributed by atoms with Crippen LogP contribution in [0.15, 0.2) is 29.3 Å². The Morgan fingerprint density at radius 1 is 1.44 bits per heavy atom. The molecule has 1 aromatic rings. The highest BCUT2D eigenvalue weighted by Gasteiger charge is 2.30. The molecule has 1 saturated heterocycles. The number of carbonyl (C=O) groups is 1. The molecule has 0 bridgehead atoms. The first-order chi connectivity index (χ1) is 8.72. The number of methoxy groups -OCH3 is 1. The van der Waals surface area contributed by atoms with Gasteiger partial charge in [0.15, 0.2) is 5.96 Å². The second-order valence-electron chi connectivity index (χ2n) is 3.81. The van der Waals surface area contributed by atoms with Crippen LogP contribution in [0, 0.1) is 0 Å². The summed E-state index contributed by atoms with van der Waals surface area (Å²) in [4.78, 5) is 16.0. The minimum absolute atomic E-state index is 0.153. The van der Waals surface area contributed by atoms with Crippen LogP contribution in [0.25, 0.3) is 0 Å². The highest BCUT2D eigenvalue weighted by molar-refractivity contribution is 6.31. The predicted octanol–water partition coefficient (Wildman–Crippen LogP) is 1.10. The minimum Gasteiger partial charge on any atom is -0.383 e. The van der Waals surface area contributed by atoms with Crippen molar-refractivity contribution in [3.05, 3.63) is 34.9 Å². The smallest absolute Gasteiger partial charge is 0.253 e. The molecule has 0 aromatic heterocycles. The van der Waals surface area contributed by atoms with Crippen molar-refractivity contribution in [3.63, 3.8) is 0 Å². The van der Waals surface area contributed by atoms with Crippen LogP contribution in [0.1, 0.15) is 11.6 Å². The Morgan fingerprint density at radius 2 is 2.22 bits per heavy atom. The summed E-state index contributed by atoms with van der Waals surface area (Å²) in [6, 6.07) is 6.76. The highest BCUT2D eigenvalue weighted by atomic mass is 35.5. The monoisotopic (exact) mass is 267 g/mol. The van der Waals surface area contributed by atoms with Crippen LogP contribution in [-0.2, 0) is 9.53 Å². The number of amides is 1. The third-order valence-electron chi connectivity index (χ3n) is 2.57. The second-order valence-corrected chi connectivity index (χ2v) is 4.22. The van der Waals surface area contributed by atoms with E-state index in [1.54, 1.807) is 13.2 Å². The zero-order chi connectivity index (χ0) is 13.0. The number of ether oxygens (including phenoxy) is 1. The number of aliphatic imine (C=N–C) groups is 1. The molecular formula is C12H14ClN3O2. The van der Waals surface area contributed by atoms with Crippen LogP contribution in [0.5, 0.6) is 0 Å². The fraction of sp³-hybridized carbons (Fsp3) is 0.333. The molecule has 1 aliphatic heterocycles. The Kier molecular flexibility index (Phi) is 4.17. The van der Waals surface area contributed by atoms with Gasteiger partial charge in [0.1, 0.15) is 6.04 Å². The molecule has 0 radical (unpaired) electrons. The molecule has 1 unspecified atom stereocenters. The van der Waals surface area contributed by atoms with E-state index in [0.29, 0.717) is 24.1 Å². The van der Waals surface area contributed by atoms with E-state index < -0.39 is 6.04 Å². The Bertz CT molecular complexity index is 476. The molecule has 1 heterocycles. The molecule has 6 heteroatoms. The SMILES string of the molecule is COCCN=C1NC(=O)C(c2ccccc2Cl)N1. The van der Waals surface area contributed by atoms with Gasteiger partial charge in [0.2, 0.25) is 0 Å². The summed E-state index contributed by atoms with van der Waals surface area (Å²) in [5.41, 5.74) is 0.744. The van der Waals surface area contributed by atoms with Crippen molar-refractivity contribution in [1.29, 1.82) is 0 Å². The Balaban J connectivity index is 2.10. The molecule has 2 N–H and O–H groups in total. The number of benzene rings is 1. The first kappa shape index (κ1) is 12.9. The molecule has 1 aliphatic rings. The summed E-state index contributed by atoms with van der Waals surface area (Å²) in [7, 11) is 1.60. The van der Waals surface area contributed by atoms with Gasteiger partial charge in [-0.2, -0.15) is 0 Å². The van der Waals surface area contributed by atoms with E-state index >= 15 is 0 Å². The molecule has 1 atom stereocenters. The Morgan fingerprint density at radius 3 is 2.94 bits per heavy atom. The van der Waals surface area contributed by atoms with Crippen molar-refractivity contribution in [1.82, 2.24) is 10.6 Å². The van der Waals surface area contributed by atoms with Crippen molar-refractivity contribution in [2.45, 2.75) is 6.04 Å². The Hall–Kier alpha value is -1.59. The van der Waals surface area contributed by atoms with Crippen molar-refractivity contribution in [2.75, 3.05) is 20.3 Å². The van der Waals surface area contributed by atoms with Gasteiger partial charge in [-0.05, 0) is 6.07 Å². The fourth-order valence-corrected chi connectivity index (χ4v) is 1.93. The van der Waals surface area contributed by atoms with Gasteiger partial charge >= 0.3 is 0 Å². The lowest BCUT2D eigenvalue weighted by Gasteiger charge is -2.09. The average molecular weight is 268 g/mol. The predicted molar refractivity (Wildman–Crippen MR) is 69.6 cm³/mol. The van der Waals surface area contributed by atoms with Gasteiger partial charge in [-0.15, -0.1) is 0 Å². The maximum atomic E-state index is 11.8. The molecule has 0 saturated carbocycles. The number of nitrogens with one attached hydrogen (secondary N) is 2. The summed E-state index contributed by atoms with van der Waals surface area (Å²) in [6.07, 6.45) is 0. The van der Waals surface area contributed by atoms with Crippen molar-refractivity contribution in [2.24, 2.45) is 4.99 Å². The van der Waals surface area contributed by atoms with E-state index in [4.69, 9.17) is 16.3 Å². The fourth-order valence-electron chi connectivity index (χ4n) is 1.69. The van der Waals surface area contributed by atoms with Gasteiger partial charge < -0.3 is 10.1 Å². The molecule has 0 spiro atoms. The maximum Gasteiger partial charge on any atom is 0.253 e. The number of halogens is 1. The second kappa shape index (κ2) is 5.84. The molecule has 0 aliphatic carbocycles. The standard InChI is InChI=1S/C12H14ClN3O2/c1-18-7-6-14-12-15-10(11(17)16-12)8-4-2-3-5-9(8)13/h2-5,10H,6-7H2,1H3,(H2,14,15,16,17). The molecular weight excluding hydrogens is 254 g/mol. The van der Waals surface area contributed by atoms with Crippen LogP contribution in [0.3, 0.4) is 0 Å².